The normalized spacial score (nSPS) is 18.1. The summed E-state index contributed by atoms with van der Waals surface area (Å²) in [7, 11) is 0. The van der Waals surface area contributed by atoms with E-state index < -0.39 is 6.10 Å². The third-order valence-corrected chi connectivity index (χ3v) is 3.89. The minimum absolute atomic E-state index is 0.260. The van der Waals surface area contributed by atoms with Gasteiger partial charge in [-0.05, 0) is 23.8 Å². The van der Waals surface area contributed by atoms with Crippen LogP contribution in [0.5, 0.6) is 11.5 Å². The van der Waals surface area contributed by atoms with Crippen molar-refractivity contribution in [1.29, 1.82) is 0 Å². The maximum atomic E-state index is 10.3. The molecule has 4 heteroatoms. The van der Waals surface area contributed by atoms with E-state index in [9.17, 15) is 5.11 Å². The molecule has 0 amide bonds. The molecule has 2 aliphatic rings. The number of hydrogen-bond acceptors (Lipinski definition) is 4. The Labute approximate surface area is 128 Å². The molecule has 2 aromatic carbocycles. The van der Waals surface area contributed by atoms with E-state index in [1.807, 2.05) is 42.5 Å². The van der Waals surface area contributed by atoms with Crippen molar-refractivity contribution >= 4 is 5.76 Å². The lowest BCUT2D eigenvalue weighted by Crippen LogP contribution is -2.07. The molecule has 0 aromatic heterocycles. The molecule has 0 aliphatic carbocycles. The molecule has 0 saturated heterocycles. The van der Waals surface area contributed by atoms with Crippen molar-refractivity contribution in [3.05, 3.63) is 65.2 Å². The highest BCUT2D eigenvalue weighted by atomic mass is 16.7. The van der Waals surface area contributed by atoms with Crippen LogP contribution in [0.2, 0.25) is 0 Å². The summed E-state index contributed by atoms with van der Waals surface area (Å²) in [5, 5.41) is 10.3. The number of aliphatic hydroxyl groups is 1. The van der Waals surface area contributed by atoms with Gasteiger partial charge in [-0.3, -0.25) is 0 Å². The predicted molar refractivity (Wildman–Crippen MR) is 81.5 cm³/mol. The van der Waals surface area contributed by atoms with E-state index in [0.717, 1.165) is 33.9 Å². The van der Waals surface area contributed by atoms with Crippen LogP contribution in [0, 0.1) is 0 Å². The van der Waals surface area contributed by atoms with E-state index in [0.29, 0.717) is 13.0 Å². The van der Waals surface area contributed by atoms with Crippen LogP contribution in [0.15, 0.2) is 48.5 Å². The molecule has 4 nitrogen and oxygen atoms in total. The predicted octanol–water partition coefficient (Wildman–Crippen LogP) is 2.89. The molecule has 0 radical (unpaired) electrons. The SMILES string of the molecule is OC(/C=C1/OCc2ccccc21)Cc1ccc2c(c1)OCO2. The smallest absolute Gasteiger partial charge is 0.231 e. The largest absolute Gasteiger partial charge is 0.488 e. The lowest BCUT2D eigenvalue weighted by molar-refractivity contribution is 0.174. The first kappa shape index (κ1) is 13.2. The first-order valence-corrected chi connectivity index (χ1v) is 7.29. The molecule has 0 fully saturated rings. The van der Waals surface area contributed by atoms with Gasteiger partial charge in [-0.15, -0.1) is 0 Å². The molecule has 1 unspecified atom stereocenters. The van der Waals surface area contributed by atoms with Gasteiger partial charge in [-0.25, -0.2) is 0 Å². The zero-order chi connectivity index (χ0) is 14.9. The topological polar surface area (TPSA) is 47.9 Å². The molecular weight excluding hydrogens is 280 g/mol. The number of benzene rings is 2. The second-order valence-electron chi connectivity index (χ2n) is 5.44. The second-order valence-corrected chi connectivity index (χ2v) is 5.44. The lowest BCUT2D eigenvalue weighted by atomic mass is 10.0. The van der Waals surface area contributed by atoms with Gasteiger partial charge in [0.1, 0.15) is 12.4 Å². The van der Waals surface area contributed by atoms with Gasteiger partial charge in [0.2, 0.25) is 6.79 Å². The molecule has 2 aromatic rings. The Morgan fingerprint density at radius 2 is 1.91 bits per heavy atom. The number of rotatable bonds is 3. The minimum atomic E-state index is -0.610. The molecule has 0 spiro atoms. The zero-order valence-electron chi connectivity index (χ0n) is 12.0. The molecule has 0 bridgehead atoms. The van der Waals surface area contributed by atoms with E-state index in [2.05, 4.69) is 0 Å². The minimum Gasteiger partial charge on any atom is -0.488 e. The fourth-order valence-electron chi connectivity index (χ4n) is 2.80. The fraction of sp³-hybridized carbons (Fsp3) is 0.222. The molecule has 112 valence electrons. The van der Waals surface area contributed by atoms with Crippen molar-refractivity contribution in [2.45, 2.75) is 19.1 Å². The maximum absolute atomic E-state index is 10.3. The highest BCUT2D eigenvalue weighted by Gasteiger charge is 2.19. The average molecular weight is 296 g/mol. The van der Waals surface area contributed by atoms with E-state index in [4.69, 9.17) is 14.2 Å². The van der Waals surface area contributed by atoms with Crippen LogP contribution in [0.1, 0.15) is 16.7 Å². The van der Waals surface area contributed by atoms with Gasteiger partial charge in [0.05, 0.1) is 6.10 Å². The van der Waals surface area contributed by atoms with Gasteiger partial charge in [0.25, 0.3) is 0 Å². The molecule has 0 saturated carbocycles. The third kappa shape index (κ3) is 2.42. The van der Waals surface area contributed by atoms with Crippen molar-refractivity contribution in [2.24, 2.45) is 0 Å². The summed E-state index contributed by atoms with van der Waals surface area (Å²) < 4.78 is 16.3. The Morgan fingerprint density at radius 3 is 2.86 bits per heavy atom. The van der Waals surface area contributed by atoms with Gasteiger partial charge in [0.15, 0.2) is 11.5 Å². The van der Waals surface area contributed by atoms with Crippen LogP contribution in [0.3, 0.4) is 0 Å². The summed E-state index contributed by atoms with van der Waals surface area (Å²) in [4.78, 5) is 0. The Balaban J connectivity index is 1.51. The van der Waals surface area contributed by atoms with Crippen molar-refractivity contribution < 1.29 is 19.3 Å². The average Bonchev–Trinajstić information content (AvgIpc) is 3.14. The molecule has 1 atom stereocenters. The van der Waals surface area contributed by atoms with Crippen molar-refractivity contribution in [2.75, 3.05) is 6.79 Å². The first-order chi connectivity index (χ1) is 10.8. The molecular formula is C18H16O4. The Morgan fingerprint density at radius 1 is 1.05 bits per heavy atom. The standard InChI is InChI=1S/C18H16O4/c19-14(7-12-5-6-16-18(8-12)22-11-21-16)9-17-15-4-2-1-3-13(15)10-20-17/h1-6,8-9,14,19H,7,10-11H2/b17-9+. The van der Waals surface area contributed by atoms with Crippen molar-refractivity contribution in [3.63, 3.8) is 0 Å². The Hall–Kier alpha value is -2.46. The highest BCUT2D eigenvalue weighted by Crippen LogP contribution is 2.33. The molecule has 1 N–H and O–H groups in total. The van der Waals surface area contributed by atoms with Crippen LogP contribution in [-0.2, 0) is 17.8 Å². The summed E-state index contributed by atoms with van der Waals surface area (Å²) in [5.74, 6) is 2.24. The summed E-state index contributed by atoms with van der Waals surface area (Å²) in [6, 6.07) is 13.8. The quantitative estimate of drug-likeness (QED) is 0.946. The third-order valence-electron chi connectivity index (χ3n) is 3.89. The van der Waals surface area contributed by atoms with Crippen LogP contribution in [0.4, 0.5) is 0 Å². The zero-order valence-corrected chi connectivity index (χ0v) is 12.0. The second kappa shape index (κ2) is 5.39. The van der Waals surface area contributed by atoms with Crippen LogP contribution < -0.4 is 9.47 Å². The van der Waals surface area contributed by atoms with Crippen LogP contribution >= 0.6 is 0 Å². The Kier molecular flexibility index (Phi) is 3.24. The number of fused-ring (bicyclic) bond motifs is 2. The van der Waals surface area contributed by atoms with Gasteiger partial charge in [0, 0.05) is 17.5 Å². The number of hydrogen-bond donors (Lipinski definition) is 1. The van der Waals surface area contributed by atoms with Gasteiger partial charge >= 0.3 is 0 Å². The maximum Gasteiger partial charge on any atom is 0.231 e. The van der Waals surface area contributed by atoms with Crippen molar-refractivity contribution in [1.82, 2.24) is 0 Å². The summed E-state index contributed by atoms with van der Waals surface area (Å²) in [6.07, 6.45) is 1.67. The molecule has 4 rings (SSSR count). The van der Waals surface area contributed by atoms with Gasteiger partial charge < -0.3 is 19.3 Å². The molecule has 2 heterocycles. The number of aliphatic hydroxyl groups excluding tert-OH is 1. The van der Waals surface area contributed by atoms with Gasteiger partial charge in [-0.1, -0.05) is 30.3 Å². The molecule has 2 aliphatic heterocycles. The van der Waals surface area contributed by atoms with Crippen LogP contribution in [0.25, 0.3) is 5.76 Å². The first-order valence-electron chi connectivity index (χ1n) is 7.29. The van der Waals surface area contributed by atoms with E-state index in [-0.39, 0.29) is 6.79 Å². The number of ether oxygens (including phenoxy) is 3. The van der Waals surface area contributed by atoms with Crippen LogP contribution in [-0.4, -0.2) is 18.0 Å². The lowest BCUT2D eigenvalue weighted by Gasteiger charge is -2.08. The summed E-state index contributed by atoms with van der Waals surface area (Å²) >= 11 is 0. The van der Waals surface area contributed by atoms with E-state index in [1.54, 1.807) is 6.08 Å². The Bertz CT molecular complexity index is 736. The molecule has 22 heavy (non-hydrogen) atoms. The van der Waals surface area contributed by atoms with Crippen molar-refractivity contribution in [3.8, 4) is 11.5 Å². The highest BCUT2D eigenvalue weighted by molar-refractivity contribution is 5.66. The monoisotopic (exact) mass is 296 g/mol. The van der Waals surface area contributed by atoms with E-state index >= 15 is 0 Å². The van der Waals surface area contributed by atoms with E-state index in [1.165, 1.54) is 0 Å². The summed E-state index contributed by atoms with van der Waals surface area (Å²) in [6.45, 7) is 0.828. The summed E-state index contributed by atoms with van der Waals surface area (Å²) in [5.41, 5.74) is 3.22. The van der Waals surface area contributed by atoms with Gasteiger partial charge in [-0.2, -0.15) is 0 Å². The fourth-order valence-corrected chi connectivity index (χ4v) is 2.80.